The van der Waals surface area contributed by atoms with Gasteiger partial charge in [-0.25, -0.2) is 92.8 Å². The van der Waals surface area contributed by atoms with Crippen LogP contribution in [-0.4, -0.2) is 22.5 Å². The number of rotatable bonds is 8. The smallest absolute Gasteiger partial charge is 0.280 e. The van der Waals surface area contributed by atoms with Gasteiger partial charge in [-0.05, 0) is 20.8 Å². The van der Waals surface area contributed by atoms with Crippen LogP contribution in [0, 0.1) is 116 Å². The molecule has 0 aliphatic rings. The molecule has 4 nitrogen and oxygen atoms in total. The Morgan fingerprint density at radius 2 is 0.754 bits per heavy atom. The van der Waals surface area contributed by atoms with Crippen molar-refractivity contribution in [2.45, 2.75) is 32.9 Å². The average molecular weight is 950 g/mol. The van der Waals surface area contributed by atoms with E-state index in [-0.39, 0.29) is 17.9 Å². The molecule has 1 aromatic heterocycles. The van der Waals surface area contributed by atoms with Crippen molar-refractivity contribution in [3.63, 3.8) is 0 Å². The number of benzene rings is 5. The summed E-state index contributed by atoms with van der Waals surface area (Å²) in [4.78, 5) is 16.3. The molecule has 0 amide bonds. The van der Waals surface area contributed by atoms with Gasteiger partial charge in [0.1, 0.15) is 58.3 Å². The summed E-state index contributed by atoms with van der Waals surface area (Å²) >= 11 is 0. The number of aromatic nitrogens is 2. The van der Waals surface area contributed by atoms with Crippen LogP contribution in [0.3, 0.4) is 0 Å². The Labute approximate surface area is 350 Å². The SMILES string of the molecule is CC(C)(C)Oc1c[n+](CC(=O)c2ccccc2)ccn1.Fc1c(F)c(F)c([B-](c2c(F)c(F)c(F)c(F)c2F)(c2c(F)c(F)c(F)c(F)c2F)c2c(F)c(F)c(F)c(F)c2F)c(F)c1F. The fourth-order valence-electron chi connectivity index (χ4n) is 6.63. The Hall–Kier alpha value is -6.69. The normalized spacial score (nSPS) is 11.7. The molecule has 0 fully saturated rings. The second-order valence-corrected chi connectivity index (χ2v) is 14.4. The summed E-state index contributed by atoms with van der Waals surface area (Å²) in [5.74, 6) is -70.8. The van der Waals surface area contributed by atoms with E-state index in [9.17, 15) is 57.5 Å². The zero-order valence-electron chi connectivity index (χ0n) is 32.2. The van der Waals surface area contributed by atoms with Crippen LogP contribution in [0.25, 0.3) is 0 Å². The van der Waals surface area contributed by atoms with Gasteiger partial charge in [0.25, 0.3) is 5.88 Å². The van der Waals surface area contributed by atoms with E-state index in [0.29, 0.717) is 11.4 Å². The molecule has 0 atom stereocenters. The Morgan fingerprint density at radius 1 is 0.477 bits per heavy atom. The molecule has 0 radical (unpaired) electrons. The van der Waals surface area contributed by atoms with Gasteiger partial charge in [-0.3, -0.25) is 4.79 Å². The zero-order valence-corrected chi connectivity index (χ0v) is 32.2. The summed E-state index contributed by atoms with van der Waals surface area (Å²) in [5, 5.41) is 0. The molecule has 0 aliphatic carbocycles. The number of hydrogen-bond acceptors (Lipinski definition) is 3. The van der Waals surface area contributed by atoms with E-state index in [1.165, 1.54) is 0 Å². The largest absolute Gasteiger partial charge is 0.468 e. The van der Waals surface area contributed by atoms with E-state index in [4.69, 9.17) is 4.74 Å². The van der Waals surface area contributed by atoms with Crippen molar-refractivity contribution in [2.24, 2.45) is 0 Å². The predicted octanol–water partition coefficient (Wildman–Crippen LogP) is 8.28. The second-order valence-electron chi connectivity index (χ2n) is 14.4. The fraction of sp³-hybridized carbons (Fsp3) is 0.125. The number of carbonyl (C=O) groups is 1. The van der Waals surface area contributed by atoms with Crippen LogP contribution < -0.4 is 31.2 Å². The number of nitrogens with zero attached hydrogens (tertiary/aromatic N) is 2. The topological polar surface area (TPSA) is 43.1 Å². The molecule has 0 spiro atoms. The Kier molecular flexibility index (Phi) is 13.7. The van der Waals surface area contributed by atoms with Crippen LogP contribution in [0.2, 0.25) is 0 Å². The molecule has 1 heterocycles. The molecule has 6 aromatic rings. The van der Waals surface area contributed by atoms with Crippen molar-refractivity contribution in [1.29, 1.82) is 0 Å². The highest BCUT2D eigenvalue weighted by atomic mass is 19.2. The van der Waals surface area contributed by atoms with Gasteiger partial charge in [0.05, 0.1) is 6.20 Å². The lowest BCUT2D eigenvalue weighted by atomic mass is 9.12. The third kappa shape index (κ3) is 8.42. The van der Waals surface area contributed by atoms with Gasteiger partial charge < -0.3 is 4.74 Å². The van der Waals surface area contributed by atoms with Crippen molar-refractivity contribution in [2.75, 3.05) is 0 Å². The molecule has 0 saturated heterocycles. The van der Waals surface area contributed by atoms with Crippen LogP contribution in [0.4, 0.5) is 87.8 Å². The maximum Gasteiger partial charge on any atom is 0.280 e. The summed E-state index contributed by atoms with van der Waals surface area (Å²) in [6.45, 7) is 6.15. The molecule has 5 aromatic carbocycles. The summed E-state index contributed by atoms with van der Waals surface area (Å²) in [5.41, 5.74) is -13.9. The number of ether oxygens (including phenoxy) is 1. The van der Waals surface area contributed by atoms with Crippen molar-refractivity contribution in [3.05, 3.63) is 171 Å². The van der Waals surface area contributed by atoms with E-state index in [1.807, 2.05) is 51.1 Å². The van der Waals surface area contributed by atoms with E-state index in [2.05, 4.69) is 4.98 Å². The molecule has 0 unspecified atom stereocenters. The van der Waals surface area contributed by atoms with Gasteiger partial charge >= 0.3 is 0 Å². The highest BCUT2D eigenvalue weighted by Crippen LogP contribution is 2.31. The van der Waals surface area contributed by atoms with E-state index in [1.54, 1.807) is 23.2 Å². The summed E-state index contributed by atoms with van der Waals surface area (Å²) in [6, 6.07) is 9.25. The lowest BCUT2D eigenvalue weighted by Gasteiger charge is -2.44. The fourth-order valence-corrected chi connectivity index (χ4v) is 6.63. The standard InChI is InChI=1S/C24BF20.C16H19N2O2/c26-5-1(6(27)14(35)21(42)13(5)34)25(2-7(28)15(36)22(43)16(37)8(2)29,3-9(30)17(38)23(44)18(39)10(3)31)4-11(32)19(40)24(45)20(41)12(4)33;1-16(2,3)20-15-12-18(10-9-17-15)11-14(19)13-7-5-4-6-8-13/h;4-10,12H,11H2,1-3H3/q-1;+1. The van der Waals surface area contributed by atoms with E-state index >= 15 is 35.1 Å². The van der Waals surface area contributed by atoms with E-state index < -0.39 is 144 Å². The Balaban J connectivity index is 0.000000330. The first-order valence-corrected chi connectivity index (χ1v) is 17.5. The molecule has 6 rings (SSSR count). The van der Waals surface area contributed by atoms with Crippen molar-refractivity contribution in [3.8, 4) is 5.88 Å². The lowest BCUT2D eigenvalue weighted by molar-refractivity contribution is -0.684. The number of Topliss-reactive ketones (excluding diaryl/α,β-unsaturated/α-hetero) is 1. The Bertz CT molecular complexity index is 2510. The summed E-state index contributed by atoms with van der Waals surface area (Å²) in [6.07, 6.45) is -2.08. The van der Waals surface area contributed by atoms with Crippen molar-refractivity contribution < 1.29 is 102 Å². The minimum absolute atomic E-state index is 0.0588. The van der Waals surface area contributed by atoms with Gasteiger partial charge in [0.15, 0.2) is 76.0 Å². The van der Waals surface area contributed by atoms with E-state index in [0.717, 1.165) is 0 Å². The van der Waals surface area contributed by atoms with Gasteiger partial charge in [0.2, 0.25) is 18.5 Å². The minimum atomic E-state index is -7.22. The Morgan fingerprint density at radius 3 is 1.03 bits per heavy atom. The van der Waals surface area contributed by atoms with Gasteiger partial charge in [-0.1, -0.05) is 30.3 Å². The van der Waals surface area contributed by atoms with Gasteiger partial charge in [-0.15, -0.1) is 21.9 Å². The molecular formula is C40H19BF20N2O2. The second kappa shape index (κ2) is 18.1. The van der Waals surface area contributed by atoms with Crippen LogP contribution in [0.1, 0.15) is 31.1 Å². The molecule has 25 heteroatoms. The minimum Gasteiger partial charge on any atom is -0.468 e. The first-order valence-electron chi connectivity index (χ1n) is 17.5. The van der Waals surface area contributed by atoms with Crippen LogP contribution in [0.5, 0.6) is 5.88 Å². The number of carbonyl (C=O) groups excluding carboxylic acids is 1. The first-order chi connectivity index (χ1) is 30.1. The number of halogens is 20. The average Bonchev–Trinajstić information content (AvgIpc) is 3.26. The maximum absolute atomic E-state index is 15.4. The molecular weight excluding hydrogens is 931 g/mol. The maximum atomic E-state index is 15.4. The molecule has 0 saturated carbocycles. The molecule has 344 valence electrons. The van der Waals surface area contributed by atoms with Crippen LogP contribution in [-0.2, 0) is 6.54 Å². The highest BCUT2D eigenvalue weighted by Gasteiger charge is 2.52. The van der Waals surface area contributed by atoms with Crippen LogP contribution >= 0.6 is 0 Å². The monoisotopic (exact) mass is 950 g/mol. The molecule has 0 bridgehead atoms. The highest BCUT2D eigenvalue weighted by molar-refractivity contribution is 7.20. The molecule has 0 aliphatic heterocycles. The zero-order chi connectivity index (χ0) is 48.9. The quantitative estimate of drug-likeness (QED) is 0.0386. The molecule has 65 heavy (non-hydrogen) atoms. The first kappa shape index (κ1) is 49.3. The van der Waals surface area contributed by atoms with Crippen molar-refractivity contribution >= 4 is 33.8 Å². The predicted molar refractivity (Wildman–Crippen MR) is 185 cm³/mol. The summed E-state index contributed by atoms with van der Waals surface area (Å²) in [7, 11) is 0. The van der Waals surface area contributed by atoms with Gasteiger partial charge in [-0.2, -0.15) is 4.57 Å². The lowest BCUT2D eigenvalue weighted by Crippen LogP contribution is -2.81. The third-order valence-electron chi connectivity index (χ3n) is 9.28. The third-order valence-corrected chi connectivity index (χ3v) is 9.28. The number of hydrogen-bond donors (Lipinski definition) is 0. The molecule has 0 N–H and O–H groups in total. The van der Waals surface area contributed by atoms with Crippen molar-refractivity contribution in [1.82, 2.24) is 4.98 Å². The van der Waals surface area contributed by atoms with Crippen LogP contribution in [0.15, 0.2) is 48.9 Å². The van der Waals surface area contributed by atoms with Gasteiger partial charge in [0, 0.05) is 5.56 Å². The number of ketones is 1. The summed E-state index contributed by atoms with van der Waals surface area (Å²) < 4.78 is 301.